The molecule has 0 aliphatic heterocycles. The molecule has 0 spiro atoms. The van der Waals surface area contributed by atoms with Crippen LogP contribution < -0.4 is 5.63 Å². The van der Waals surface area contributed by atoms with Crippen molar-refractivity contribution in [2.24, 2.45) is 0 Å². The van der Waals surface area contributed by atoms with Crippen molar-refractivity contribution in [1.82, 2.24) is 0 Å². The molecule has 1 heterocycles. The van der Waals surface area contributed by atoms with E-state index < -0.39 is 5.63 Å². The van der Waals surface area contributed by atoms with Crippen LogP contribution in [0.15, 0.2) is 57.7 Å². The van der Waals surface area contributed by atoms with Crippen LogP contribution in [0.4, 0.5) is 4.39 Å². The second kappa shape index (κ2) is 5.21. The van der Waals surface area contributed by atoms with Gasteiger partial charge in [0.25, 0.3) is 0 Å². The minimum absolute atomic E-state index is 0.339. The van der Waals surface area contributed by atoms with Crippen molar-refractivity contribution in [3.63, 3.8) is 0 Å². The normalized spacial score (nSPS) is 10.9. The number of hydrogen-bond donors (Lipinski definition) is 0. The lowest BCUT2D eigenvalue weighted by molar-refractivity contribution is 0.487. The van der Waals surface area contributed by atoms with Crippen molar-refractivity contribution in [3.8, 4) is 11.1 Å². The van der Waals surface area contributed by atoms with E-state index in [0.29, 0.717) is 33.0 Å². The summed E-state index contributed by atoms with van der Waals surface area (Å²) < 4.78 is 19.4. The topological polar surface area (TPSA) is 30.2 Å². The van der Waals surface area contributed by atoms with E-state index in [0.717, 1.165) is 0 Å². The highest BCUT2D eigenvalue weighted by molar-refractivity contribution is 9.08. The second-order valence-electron chi connectivity index (χ2n) is 4.35. The van der Waals surface area contributed by atoms with E-state index in [1.807, 2.05) is 6.07 Å². The fraction of sp³-hybridized carbons (Fsp3) is 0.0625. The van der Waals surface area contributed by atoms with Gasteiger partial charge in [0.1, 0.15) is 11.6 Å². The van der Waals surface area contributed by atoms with E-state index in [1.54, 1.807) is 36.4 Å². The highest BCUT2D eigenvalue weighted by atomic mass is 79.9. The van der Waals surface area contributed by atoms with Crippen molar-refractivity contribution in [1.29, 1.82) is 0 Å². The summed E-state index contributed by atoms with van der Waals surface area (Å²) in [6.45, 7) is 0. The van der Waals surface area contributed by atoms with Gasteiger partial charge in [0.15, 0.2) is 0 Å². The highest BCUT2D eigenvalue weighted by Crippen LogP contribution is 2.33. The summed E-state index contributed by atoms with van der Waals surface area (Å²) in [7, 11) is 0. The maximum absolute atomic E-state index is 14.1. The number of fused-ring (bicyclic) bond motifs is 1. The number of benzene rings is 2. The van der Waals surface area contributed by atoms with Gasteiger partial charge in [-0.15, -0.1) is 0 Å². The van der Waals surface area contributed by atoms with Crippen LogP contribution in [0.2, 0.25) is 0 Å². The van der Waals surface area contributed by atoms with E-state index in [4.69, 9.17) is 4.42 Å². The smallest absolute Gasteiger partial charge is 0.343 e. The molecule has 0 bridgehead atoms. The Morgan fingerprint density at radius 1 is 1.00 bits per heavy atom. The first-order chi connectivity index (χ1) is 9.72. The molecule has 0 saturated carbocycles. The Kier molecular flexibility index (Phi) is 3.40. The molecule has 0 N–H and O–H groups in total. The average molecular weight is 333 g/mol. The van der Waals surface area contributed by atoms with Gasteiger partial charge < -0.3 is 4.42 Å². The van der Waals surface area contributed by atoms with Crippen molar-refractivity contribution in [3.05, 3.63) is 70.5 Å². The van der Waals surface area contributed by atoms with Gasteiger partial charge in [0, 0.05) is 16.5 Å². The average Bonchev–Trinajstić information content (AvgIpc) is 2.48. The van der Waals surface area contributed by atoms with Gasteiger partial charge in [-0.25, -0.2) is 9.18 Å². The molecule has 2 aromatic carbocycles. The molecule has 0 radical (unpaired) electrons. The van der Waals surface area contributed by atoms with Crippen LogP contribution in [-0.2, 0) is 5.33 Å². The molecule has 4 heteroatoms. The molecule has 1 aromatic heterocycles. The van der Waals surface area contributed by atoms with Crippen LogP contribution in [0.1, 0.15) is 5.76 Å². The van der Waals surface area contributed by atoms with E-state index in [2.05, 4.69) is 15.9 Å². The summed E-state index contributed by atoms with van der Waals surface area (Å²) in [6, 6.07) is 13.5. The lowest BCUT2D eigenvalue weighted by Gasteiger charge is -2.10. The van der Waals surface area contributed by atoms with Crippen molar-refractivity contribution in [2.75, 3.05) is 0 Å². The van der Waals surface area contributed by atoms with Gasteiger partial charge in [-0.1, -0.05) is 52.3 Å². The molecule has 0 atom stereocenters. The number of halogens is 2. The van der Waals surface area contributed by atoms with Gasteiger partial charge in [0.05, 0.1) is 10.7 Å². The molecule has 2 nitrogen and oxygen atoms in total. The SMILES string of the molecule is O=c1oc(CBr)c(-c2ccccc2F)c2ccccc12. The van der Waals surface area contributed by atoms with Gasteiger partial charge in [-0.3, -0.25) is 0 Å². The Labute approximate surface area is 123 Å². The fourth-order valence-electron chi connectivity index (χ4n) is 2.30. The summed E-state index contributed by atoms with van der Waals surface area (Å²) in [5.74, 6) is 0.0903. The van der Waals surface area contributed by atoms with Crippen molar-refractivity contribution in [2.45, 2.75) is 5.33 Å². The minimum atomic E-state index is -0.407. The molecule has 0 saturated heterocycles. The largest absolute Gasteiger partial charge is 0.426 e. The maximum atomic E-state index is 14.1. The lowest BCUT2D eigenvalue weighted by Crippen LogP contribution is -2.04. The Bertz CT molecular complexity index is 839. The van der Waals surface area contributed by atoms with Crippen LogP contribution in [-0.4, -0.2) is 0 Å². The van der Waals surface area contributed by atoms with Crippen LogP contribution in [0.3, 0.4) is 0 Å². The molecule has 3 rings (SSSR count). The monoisotopic (exact) mass is 332 g/mol. The van der Waals surface area contributed by atoms with Gasteiger partial charge in [0.2, 0.25) is 0 Å². The van der Waals surface area contributed by atoms with E-state index >= 15 is 0 Å². The predicted molar refractivity (Wildman–Crippen MR) is 80.5 cm³/mol. The zero-order valence-electron chi connectivity index (χ0n) is 10.4. The molecular formula is C16H10BrFO2. The zero-order chi connectivity index (χ0) is 14.1. The summed E-state index contributed by atoms with van der Waals surface area (Å²) in [5.41, 5.74) is 0.646. The third-order valence-corrected chi connectivity index (χ3v) is 3.68. The molecule has 0 amide bonds. The predicted octanol–water partition coefficient (Wildman–Crippen LogP) is 4.49. The molecule has 0 aliphatic rings. The third-order valence-electron chi connectivity index (χ3n) is 3.18. The molecule has 100 valence electrons. The third kappa shape index (κ3) is 2.06. The van der Waals surface area contributed by atoms with Crippen LogP contribution >= 0.6 is 15.9 Å². The van der Waals surface area contributed by atoms with Gasteiger partial charge >= 0.3 is 5.63 Å². The summed E-state index contributed by atoms with van der Waals surface area (Å²) >= 11 is 3.30. The molecule has 0 unspecified atom stereocenters. The lowest BCUT2D eigenvalue weighted by atomic mass is 9.98. The van der Waals surface area contributed by atoms with E-state index in [1.165, 1.54) is 6.07 Å². The summed E-state index contributed by atoms with van der Waals surface area (Å²) in [5, 5.41) is 1.50. The number of hydrogen-bond acceptors (Lipinski definition) is 2. The Morgan fingerprint density at radius 2 is 1.65 bits per heavy atom. The molecule has 0 fully saturated rings. The Balaban J connectivity index is 2.48. The number of alkyl halides is 1. The zero-order valence-corrected chi connectivity index (χ0v) is 12.0. The van der Waals surface area contributed by atoms with Crippen LogP contribution in [0.25, 0.3) is 21.9 Å². The Hall–Kier alpha value is -1.94. The van der Waals surface area contributed by atoms with Crippen LogP contribution in [0, 0.1) is 5.82 Å². The first kappa shape index (κ1) is 13.1. The van der Waals surface area contributed by atoms with E-state index in [9.17, 15) is 9.18 Å². The first-order valence-electron chi connectivity index (χ1n) is 6.08. The van der Waals surface area contributed by atoms with Crippen molar-refractivity contribution < 1.29 is 8.81 Å². The fourth-order valence-corrected chi connectivity index (χ4v) is 2.70. The molecule has 3 aromatic rings. The second-order valence-corrected chi connectivity index (χ2v) is 4.91. The number of rotatable bonds is 2. The molecular weight excluding hydrogens is 323 g/mol. The quantitative estimate of drug-likeness (QED) is 0.647. The standard InChI is InChI=1S/C16H10BrFO2/c17-9-14-15(12-7-3-4-8-13(12)18)10-5-1-2-6-11(10)16(19)20-14/h1-8H,9H2. The first-order valence-corrected chi connectivity index (χ1v) is 7.20. The van der Waals surface area contributed by atoms with Gasteiger partial charge in [-0.2, -0.15) is 0 Å². The Morgan fingerprint density at radius 3 is 2.35 bits per heavy atom. The molecule has 20 heavy (non-hydrogen) atoms. The highest BCUT2D eigenvalue weighted by Gasteiger charge is 2.16. The minimum Gasteiger partial charge on any atom is -0.426 e. The maximum Gasteiger partial charge on any atom is 0.343 e. The summed E-state index contributed by atoms with van der Waals surface area (Å²) in [4.78, 5) is 11.9. The van der Waals surface area contributed by atoms with Crippen LogP contribution in [0.5, 0.6) is 0 Å². The van der Waals surface area contributed by atoms with Crippen molar-refractivity contribution >= 4 is 26.7 Å². The molecule has 0 aliphatic carbocycles. The van der Waals surface area contributed by atoms with E-state index in [-0.39, 0.29) is 5.82 Å². The summed E-state index contributed by atoms with van der Waals surface area (Å²) in [6.07, 6.45) is 0. The van der Waals surface area contributed by atoms with Gasteiger partial charge in [-0.05, 0) is 12.1 Å².